The first kappa shape index (κ1) is 23.8. The Balaban J connectivity index is 0.000000575. The molecule has 3 rings (SSSR count). The third-order valence-electron chi connectivity index (χ3n) is 3.84. The quantitative estimate of drug-likeness (QED) is 0.225. The van der Waals surface area contributed by atoms with Gasteiger partial charge in [-0.3, -0.25) is 0 Å². The Morgan fingerprint density at radius 2 is 1.20 bits per heavy atom. The second-order valence-corrected chi connectivity index (χ2v) is 6.83. The predicted octanol–water partition coefficient (Wildman–Crippen LogP) is 7.83. The Kier molecular flexibility index (Phi) is 7.98. The second kappa shape index (κ2) is 10.0. The van der Waals surface area contributed by atoms with Crippen molar-refractivity contribution in [1.82, 2.24) is 0 Å². The maximum Gasteiger partial charge on any atom is 0.673 e. The standard InChI is InChI=1S/C20H17Cl2O3.BF4/c1-12-8-15(13-4-6-18(23-2)16(21)9-13)11-20(25-12)14-5-7-19(24-3)17(22)10-14;2-1(3,4)5/h4-11H,1-3H3;/q+1;-1. The Hall–Kier alpha value is -2.45. The molecule has 2 aromatic carbocycles. The Morgan fingerprint density at radius 3 is 1.67 bits per heavy atom. The molecule has 0 spiro atoms. The highest BCUT2D eigenvalue weighted by atomic mass is 35.5. The molecule has 1 heterocycles. The van der Waals surface area contributed by atoms with Crippen molar-refractivity contribution >= 4 is 30.5 Å². The van der Waals surface area contributed by atoms with Crippen molar-refractivity contribution in [2.75, 3.05) is 14.2 Å². The van der Waals surface area contributed by atoms with E-state index in [0.29, 0.717) is 27.3 Å². The van der Waals surface area contributed by atoms with Crippen molar-refractivity contribution in [1.29, 1.82) is 0 Å². The molecule has 0 saturated heterocycles. The minimum absolute atomic E-state index is 0.533. The van der Waals surface area contributed by atoms with E-state index >= 15 is 0 Å². The minimum Gasteiger partial charge on any atom is -0.495 e. The van der Waals surface area contributed by atoms with Gasteiger partial charge in [-0.05, 0) is 35.9 Å². The molecule has 10 heteroatoms. The van der Waals surface area contributed by atoms with Crippen molar-refractivity contribution in [3.05, 3.63) is 64.3 Å². The van der Waals surface area contributed by atoms with E-state index in [2.05, 4.69) is 0 Å². The zero-order valence-electron chi connectivity index (χ0n) is 16.2. The van der Waals surface area contributed by atoms with Crippen molar-refractivity contribution in [3.63, 3.8) is 0 Å². The van der Waals surface area contributed by atoms with Crippen molar-refractivity contribution in [3.8, 4) is 33.9 Å². The van der Waals surface area contributed by atoms with E-state index in [1.54, 1.807) is 14.2 Å². The molecule has 0 bridgehead atoms. The summed E-state index contributed by atoms with van der Waals surface area (Å²) in [6.45, 7) is 1.91. The zero-order valence-corrected chi connectivity index (χ0v) is 17.7. The highest BCUT2D eigenvalue weighted by molar-refractivity contribution is 6.50. The van der Waals surface area contributed by atoms with Gasteiger partial charge in [0.25, 0.3) is 0 Å². The molecule has 0 unspecified atom stereocenters. The third kappa shape index (κ3) is 6.81. The van der Waals surface area contributed by atoms with Gasteiger partial charge in [-0.15, -0.1) is 0 Å². The first-order valence-corrected chi connectivity index (χ1v) is 9.27. The van der Waals surface area contributed by atoms with Gasteiger partial charge in [0, 0.05) is 11.6 Å². The number of ether oxygens (including phenoxy) is 2. The fraction of sp³-hybridized carbons (Fsp3) is 0.150. The molecule has 0 aliphatic rings. The van der Waals surface area contributed by atoms with Crippen LogP contribution >= 0.6 is 23.2 Å². The smallest absolute Gasteiger partial charge is 0.495 e. The predicted molar refractivity (Wildman–Crippen MR) is 112 cm³/mol. The topological polar surface area (TPSA) is 29.8 Å². The Bertz CT molecular complexity index is 952. The minimum atomic E-state index is -6.00. The molecule has 0 aliphatic heterocycles. The fourth-order valence-electron chi connectivity index (χ4n) is 2.61. The average molecular weight is 463 g/mol. The molecule has 0 N–H and O–H groups in total. The first-order valence-electron chi connectivity index (χ1n) is 8.51. The Labute approximate surface area is 181 Å². The highest BCUT2D eigenvalue weighted by Gasteiger charge is 2.20. The van der Waals surface area contributed by atoms with Crippen LogP contribution in [0.4, 0.5) is 17.3 Å². The molecule has 0 atom stereocenters. The molecular formula is C20H17BCl2F4O3. The molecule has 30 heavy (non-hydrogen) atoms. The summed E-state index contributed by atoms with van der Waals surface area (Å²) < 4.78 is 55.3. The van der Waals surface area contributed by atoms with Crippen molar-refractivity contribution < 1.29 is 31.2 Å². The third-order valence-corrected chi connectivity index (χ3v) is 4.43. The summed E-state index contributed by atoms with van der Waals surface area (Å²) in [7, 11) is -2.82. The van der Waals surface area contributed by atoms with Crippen LogP contribution in [0.25, 0.3) is 22.5 Å². The number of rotatable bonds is 4. The molecule has 0 radical (unpaired) electrons. The number of hydrogen-bond acceptors (Lipinski definition) is 2. The van der Waals surface area contributed by atoms with Gasteiger partial charge in [0.15, 0.2) is 0 Å². The number of methoxy groups -OCH3 is 2. The summed E-state index contributed by atoms with van der Waals surface area (Å²) in [5, 5.41) is 1.10. The number of benzene rings is 2. The summed E-state index contributed by atoms with van der Waals surface area (Å²) in [4.78, 5) is 0. The summed E-state index contributed by atoms with van der Waals surface area (Å²) >= 11 is 12.5. The number of hydrogen-bond donors (Lipinski definition) is 0. The first-order chi connectivity index (χ1) is 14.0. The van der Waals surface area contributed by atoms with Gasteiger partial charge in [0.1, 0.15) is 11.5 Å². The van der Waals surface area contributed by atoms with E-state index in [-0.39, 0.29) is 0 Å². The van der Waals surface area contributed by atoms with Gasteiger partial charge in [0.2, 0.25) is 0 Å². The molecule has 0 aliphatic carbocycles. The van der Waals surface area contributed by atoms with Gasteiger partial charge in [-0.25, -0.2) is 4.42 Å². The monoisotopic (exact) mass is 462 g/mol. The van der Waals surface area contributed by atoms with Crippen LogP contribution in [-0.4, -0.2) is 21.5 Å². The van der Waals surface area contributed by atoms with E-state index in [9.17, 15) is 17.3 Å². The number of aryl methyl sites for hydroxylation is 1. The summed E-state index contributed by atoms with van der Waals surface area (Å²) in [5.74, 6) is 2.77. The molecule has 0 fully saturated rings. The Morgan fingerprint density at radius 1 is 0.733 bits per heavy atom. The van der Waals surface area contributed by atoms with E-state index in [1.807, 2.05) is 55.5 Å². The summed E-state index contributed by atoms with van der Waals surface area (Å²) in [5.41, 5.74) is 2.84. The van der Waals surface area contributed by atoms with Gasteiger partial charge < -0.3 is 26.7 Å². The molecule has 160 valence electrons. The van der Waals surface area contributed by atoms with Gasteiger partial charge in [0.05, 0.1) is 42.8 Å². The van der Waals surface area contributed by atoms with E-state index in [1.165, 1.54) is 0 Å². The molecule has 3 nitrogen and oxygen atoms in total. The molecule has 0 amide bonds. The maximum atomic E-state index is 9.75. The van der Waals surface area contributed by atoms with Crippen LogP contribution in [0.2, 0.25) is 10.0 Å². The van der Waals surface area contributed by atoms with Crippen LogP contribution in [-0.2, 0) is 0 Å². The maximum absolute atomic E-state index is 9.75. The zero-order chi connectivity index (χ0) is 22.5. The highest BCUT2D eigenvalue weighted by Crippen LogP contribution is 2.35. The van der Waals surface area contributed by atoms with Crippen LogP contribution in [0.1, 0.15) is 5.76 Å². The van der Waals surface area contributed by atoms with Crippen LogP contribution in [0.5, 0.6) is 11.5 Å². The fourth-order valence-corrected chi connectivity index (χ4v) is 3.12. The van der Waals surface area contributed by atoms with Crippen LogP contribution in [0.3, 0.4) is 0 Å². The normalized spacial score (nSPS) is 10.8. The van der Waals surface area contributed by atoms with Crippen LogP contribution in [0.15, 0.2) is 52.9 Å². The molecule has 3 aromatic rings. The second-order valence-electron chi connectivity index (χ2n) is 6.01. The lowest BCUT2D eigenvalue weighted by Gasteiger charge is -2.06. The summed E-state index contributed by atoms with van der Waals surface area (Å²) in [6, 6.07) is 15.2. The van der Waals surface area contributed by atoms with E-state index in [4.69, 9.17) is 37.1 Å². The number of halogens is 6. The average Bonchev–Trinajstić information content (AvgIpc) is 2.66. The molecule has 1 aromatic heterocycles. The largest absolute Gasteiger partial charge is 0.673 e. The molecule has 0 saturated carbocycles. The lowest BCUT2D eigenvalue weighted by atomic mass is 10.0. The van der Waals surface area contributed by atoms with Gasteiger partial charge in [-0.2, -0.15) is 0 Å². The van der Waals surface area contributed by atoms with Gasteiger partial charge in [-0.1, -0.05) is 29.3 Å². The van der Waals surface area contributed by atoms with Gasteiger partial charge >= 0.3 is 18.8 Å². The SMILES string of the molecule is COc1ccc(-c2cc(C)[o+]c(-c3ccc(OC)c(Cl)c3)c2)cc1Cl.F[B-](F)(F)F. The van der Waals surface area contributed by atoms with Crippen molar-refractivity contribution in [2.45, 2.75) is 6.92 Å². The van der Waals surface area contributed by atoms with Crippen molar-refractivity contribution in [2.24, 2.45) is 0 Å². The lowest BCUT2D eigenvalue weighted by Crippen LogP contribution is -2.02. The molecular weight excluding hydrogens is 446 g/mol. The lowest BCUT2D eigenvalue weighted by molar-refractivity contribution is 0.368. The van der Waals surface area contributed by atoms with Crippen LogP contribution in [0, 0.1) is 6.92 Å². The summed E-state index contributed by atoms with van der Waals surface area (Å²) in [6.07, 6.45) is 0. The van der Waals surface area contributed by atoms with E-state index < -0.39 is 7.25 Å². The van der Waals surface area contributed by atoms with Crippen LogP contribution < -0.4 is 9.47 Å². The van der Waals surface area contributed by atoms with E-state index in [0.717, 1.165) is 22.5 Å².